The Balaban J connectivity index is 1.70. The minimum atomic E-state index is -1.85. The van der Waals surface area contributed by atoms with Gasteiger partial charge in [-0.05, 0) is 55.3 Å². The fourth-order valence-corrected chi connectivity index (χ4v) is 6.22. The molecule has 0 spiro atoms. The Morgan fingerprint density at radius 1 is 1.02 bits per heavy atom. The van der Waals surface area contributed by atoms with Crippen LogP contribution in [0.3, 0.4) is 0 Å². The quantitative estimate of drug-likeness (QED) is 0.365. The second-order valence-electron chi connectivity index (χ2n) is 10.2. The van der Waals surface area contributed by atoms with Crippen LogP contribution in [0.1, 0.15) is 28.3 Å². The van der Waals surface area contributed by atoms with E-state index >= 15 is 0 Å². The van der Waals surface area contributed by atoms with Gasteiger partial charge in [0.1, 0.15) is 22.8 Å². The highest BCUT2D eigenvalue weighted by Crippen LogP contribution is 2.53. The van der Waals surface area contributed by atoms with Gasteiger partial charge in [0.05, 0.1) is 31.7 Å². The van der Waals surface area contributed by atoms with Gasteiger partial charge in [-0.2, -0.15) is 0 Å². The number of fused-ring (bicyclic) bond motifs is 1. The lowest BCUT2D eigenvalue weighted by Gasteiger charge is -2.32. The van der Waals surface area contributed by atoms with Crippen molar-refractivity contribution >= 4 is 35.1 Å². The van der Waals surface area contributed by atoms with Crippen molar-refractivity contribution in [1.29, 1.82) is 0 Å². The van der Waals surface area contributed by atoms with Gasteiger partial charge in [0.15, 0.2) is 0 Å². The van der Waals surface area contributed by atoms with Crippen molar-refractivity contribution < 1.29 is 34.1 Å². The van der Waals surface area contributed by atoms with Gasteiger partial charge in [0, 0.05) is 28.6 Å². The average molecular weight is 565 g/mol. The summed E-state index contributed by atoms with van der Waals surface area (Å²) >= 11 is 6.34. The molecule has 0 aliphatic carbocycles. The number of aromatic hydroxyl groups is 1. The lowest BCUT2D eigenvalue weighted by molar-refractivity contribution is -0.148. The maximum absolute atomic E-state index is 14.1. The van der Waals surface area contributed by atoms with Gasteiger partial charge in [-0.1, -0.05) is 35.9 Å². The van der Waals surface area contributed by atoms with E-state index in [4.69, 9.17) is 21.1 Å². The Bertz CT molecular complexity index is 1520. The van der Waals surface area contributed by atoms with Gasteiger partial charge in [0.25, 0.3) is 0 Å². The van der Waals surface area contributed by atoms with Crippen molar-refractivity contribution in [2.75, 3.05) is 19.1 Å². The summed E-state index contributed by atoms with van der Waals surface area (Å²) in [6.07, 6.45) is -0.112. The van der Waals surface area contributed by atoms with E-state index in [1.54, 1.807) is 50.2 Å². The largest absolute Gasteiger partial charge is 0.508 e. The number of carbonyl (C=O) groups excluding carboxylic acids is 2. The molecule has 4 unspecified atom stereocenters. The zero-order valence-corrected chi connectivity index (χ0v) is 23.2. The van der Waals surface area contributed by atoms with Crippen molar-refractivity contribution in [3.8, 4) is 17.2 Å². The number of amides is 2. The summed E-state index contributed by atoms with van der Waals surface area (Å²) in [7, 11) is 3.02. The number of phenols is 1. The number of carboxylic acids is 1. The Hall–Kier alpha value is -4.08. The number of methoxy groups -OCH3 is 2. The fraction of sp³-hybridized carbons (Fsp3) is 0.300. The van der Waals surface area contributed by atoms with E-state index in [1.165, 1.54) is 32.4 Å². The minimum Gasteiger partial charge on any atom is -0.508 e. The first-order valence-corrected chi connectivity index (χ1v) is 13.1. The number of imide groups is 1. The second-order valence-corrected chi connectivity index (χ2v) is 10.6. The first kappa shape index (κ1) is 27.5. The van der Waals surface area contributed by atoms with Gasteiger partial charge in [-0.3, -0.25) is 19.7 Å². The lowest BCUT2D eigenvalue weighted by atomic mass is 9.76. The molecule has 2 aliphatic heterocycles. The van der Waals surface area contributed by atoms with Gasteiger partial charge in [-0.15, -0.1) is 0 Å². The number of hydrogen-bond donors (Lipinski definition) is 3. The monoisotopic (exact) mass is 564 g/mol. The van der Waals surface area contributed by atoms with Crippen LogP contribution in [-0.4, -0.2) is 47.8 Å². The van der Waals surface area contributed by atoms with Gasteiger partial charge in [-0.25, -0.2) is 4.90 Å². The smallest absolute Gasteiger partial charge is 0.325 e. The first-order chi connectivity index (χ1) is 19.0. The molecule has 2 aliphatic rings. The van der Waals surface area contributed by atoms with Crippen LogP contribution in [-0.2, 0) is 20.8 Å². The van der Waals surface area contributed by atoms with Crippen LogP contribution in [0.5, 0.6) is 17.2 Å². The number of phenolic OH excluding ortho intramolecular Hbond substituents is 1. The highest BCUT2D eigenvalue weighted by molar-refractivity contribution is 6.32. The Morgan fingerprint density at radius 3 is 2.33 bits per heavy atom. The number of carboxylic acid groups (broad SMARTS) is 1. The number of aryl methyl sites for hydroxylation is 1. The molecular formula is C30H29ClN2O7. The van der Waals surface area contributed by atoms with Crippen LogP contribution in [0.4, 0.5) is 5.69 Å². The van der Waals surface area contributed by atoms with Crippen LogP contribution in [0.15, 0.2) is 54.6 Å². The van der Waals surface area contributed by atoms with E-state index in [0.29, 0.717) is 33.2 Å². The van der Waals surface area contributed by atoms with Crippen molar-refractivity contribution in [2.45, 2.75) is 31.8 Å². The molecule has 9 nitrogen and oxygen atoms in total. The maximum atomic E-state index is 14.1. The van der Waals surface area contributed by atoms with Crippen molar-refractivity contribution in [3.05, 3.63) is 81.9 Å². The third-order valence-electron chi connectivity index (χ3n) is 8.01. The summed E-state index contributed by atoms with van der Waals surface area (Å²) in [5.74, 6) is -3.71. The molecule has 0 radical (unpaired) electrons. The molecule has 0 saturated carbocycles. The summed E-state index contributed by atoms with van der Waals surface area (Å²) < 4.78 is 11.2. The molecule has 0 aromatic heterocycles. The topological polar surface area (TPSA) is 125 Å². The normalized spacial score (nSPS) is 23.8. The number of anilines is 1. The number of ether oxygens (including phenoxy) is 2. The van der Waals surface area contributed by atoms with E-state index in [9.17, 15) is 24.6 Å². The van der Waals surface area contributed by atoms with Crippen LogP contribution in [0.25, 0.3) is 0 Å². The van der Waals surface area contributed by atoms with Crippen LogP contribution >= 0.6 is 11.6 Å². The van der Waals surface area contributed by atoms with E-state index in [2.05, 4.69) is 5.32 Å². The van der Waals surface area contributed by atoms with E-state index in [1.807, 2.05) is 0 Å². The highest BCUT2D eigenvalue weighted by Gasteiger charge is 2.69. The molecule has 3 aromatic carbocycles. The molecule has 2 saturated heterocycles. The Labute approximate surface area is 236 Å². The molecule has 2 fully saturated rings. The van der Waals surface area contributed by atoms with E-state index in [-0.39, 0.29) is 17.9 Å². The molecule has 3 aromatic rings. The lowest BCUT2D eigenvalue weighted by Crippen LogP contribution is -2.57. The first-order valence-electron chi connectivity index (χ1n) is 12.7. The van der Waals surface area contributed by atoms with Crippen molar-refractivity contribution in [3.63, 3.8) is 0 Å². The number of aliphatic carboxylic acids is 1. The highest BCUT2D eigenvalue weighted by atomic mass is 35.5. The van der Waals surface area contributed by atoms with E-state index < -0.39 is 41.2 Å². The number of benzene rings is 3. The van der Waals surface area contributed by atoms with E-state index in [0.717, 1.165) is 10.5 Å². The predicted molar refractivity (Wildman–Crippen MR) is 148 cm³/mol. The third-order valence-corrected chi connectivity index (χ3v) is 8.42. The number of halogens is 1. The van der Waals surface area contributed by atoms with Crippen LogP contribution < -0.4 is 19.7 Å². The number of nitrogens with one attached hydrogen (secondary N) is 1. The molecule has 2 amide bonds. The van der Waals surface area contributed by atoms with Gasteiger partial charge < -0.3 is 19.7 Å². The average Bonchev–Trinajstić information content (AvgIpc) is 3.40. The summed E-state index contributed by atoms with van der Waals surface area (Å²) in [6, 6.07) is 13.5. The minimum absolute atomic E-state index is 0.0243. The number of nitrogens with zero attached hydrogens (tertiary/aromatic N) is 1. The maximum Gasteiger partial charge on any atom is 0.325 e. The van der Waals surface area contributed by atoms with Crippen LogP contribution in [0, 0.1) is 25.7 Å². The van der Waals surface area contributed by atoms with Gasteiger partial charge in [0.2, 0.25) is 11.8 Å². The number of carbonyl (C=O) groups is 3. The molecule has 208 valence electrons. The van der Waals surface area contributed by atoms with Crippen molar-refractivity contribution in [1.82, 2.24) is 5.32 Å². The molecule has 3 N–H and O–H groups in total. The summed E-state index contributed by atoms with van der Waals surface area (Å²) in [6.45, 7) is 3.61. The standard InChI is InChI=1S/C30H29ClN2O7/c1-15-5-8-18(13-21(15)31)33-27(35)23-24(28(33)36)30(29(37)38,14-17-6-9-19(34)10-7-17)32-25(23)20-11-12-22(39-3)16(2)26(20)40-4/h5-13,23-25,32,34H,14H2,1-4H3,(H,37,38). The predicted octanol–water partition coefficient (Wildman–Crippen LogP) is 4.20. The SMILES string of the molecule is COc1ccc(C2NC(Cc3ccc(O)cc3)(C(=O)O)C3C(=O)N(c4ccc(C)c(Cl)c4)C(=O)C23)c(OC)c1C. The molecule has 0 bridgehead atoms. The Morgan fingerprint density at radius 2 is 1.73 bits per heavy atom. The summed E-state index contributed by atoms with van der Waals surface area (Å²) in [5.41, 5.74) is 0.986. The zero-order valence-electron chi connectivity index (χ0n) is 22.4. The fourth-order valence-electron chi connectivity index (χ4n) is 6.05. The van der Waals surface area contributed by atoms with Crippen molar-refractivity contribution in [2.24, 2.45) is 11.8 Å². The summed E-state index contributed by atoms with van der Waals surface area (Å²) in [5, 5.41) is 24.1. The zero-order chi connectivity index (χ0) is 28.9. The number of hydrogen-bond acceptors (Lipinski definition) is 7. The Kier molecular flexibility index (Phi) is 6.97. The van der Waals surface area contributed by atoms with Gasteiger partial charge >= 0.3 is 5.97 Å². The second kappa shape index (κ2) is 10.1. The van der Waals surface area contributed by atoms with Crippen LogP contribution in [0.2, 0.25) is 5.02 Å². The third kappa shape index (κ3) is 4.17. The molecular weight excluding hydrogens is 536 g/mol. The molecule has 40 heavy (non-hydrogen) atoms. The summed E-state index contributed by atoms with van der Waals surface area (Å²) in [4.78, 5) is 42.5. The molecule has 2 heterocycles. The number of rotatable bonds is 7. The molecule has 10 heteroatoms. The molecule has 5 rings (SSSR count). The molecule has 4 atom stereocenters.